The van der Waals surface area contributed by atoms with Gasteiger partial charge in [0, 0.05) is 29.4 Å². The Morgan fingerprint density at radius 2 is 2.10 bits per heavy atom. The van der Waals surface area contributed by atoms with Crippen LogP contribution in [0.15, 0.2) is 24.3 Å². The molecule has 1 heterocycles. The van der Waals surface area contributed by atoms with Gasteiger partial charge in [0.2, 0.25) is 0 Å². The van der Waals surface area contributed by atoms with Crippen LogP contribution in [-0.4, -0.2) is 52.2 Å². The molecule has 1 amide bonds. The molecule has 6 heteroatoms. The van der Waals surface area contributed by atoms with E-state index in [9.17, 15) is 9.59 Å². The quantitative estimate of drug-likeness (QED) is 0.902. The Morgan fingerprint density at radius 1 is 1.38 bits per heavy atom. The van der Waals surface area contributed by atoms with E-state index < -0.39 is 5.97 Å². The fourth-order valence-electron chi connectivity index (χ4n) is 2.37. The van der Waals surface area contributed by atoms with Crippen LogP contribution in [0.25, 0.3) is 0 Å². The number of carboxylic acid groups (broad SMARTS) is 1. The molecule has 114 valence electrons. The van der Waals surface area contributed by atoms with Crippen LogP contribution in [0.4, 0.5) is 0 Å². The summed E-state index contributed by atoms with van der Waals surface area (Å²) in [7, 11) is 0. The minimum Gasteiger partial charge on any atom is -0.481 e. The Bertz CT molecular complexity index is 504. The van der Waals surface area contributed by atoms with E-state index in [0.29, 0.717) is 17.9 Å². The van der Waals surface area contributed by atoms with Crippen molar-refractivity contribution in [2.75, 3.05) is 24.3 Å². The summed E-state index contributed by atoms with van der Waals surface area (Å²) in [6, 6.07) is 7.41. The van der Waals surface area contributed by atoms with E-state index in [1.54, 1.807) is 28.4 Å². The summed E-state index contributed by atoms with van der Waals surface area (Å²) < 4.78 is 0. The van der Waals surface area contributed by atoms with Gasteiger partial charge < -0.3 is 10.0 Å². The molecular formula is C15H19NO3S2. The van der Waals surface area contributed by atoms with Gasteiger partial charge in [-0.05, 0) is 24.0 Å². The molecule has 1 saturated heterocycles. The van der Waals surface area contributed by atoms with Crippen LogP contribution in [-0.2, 0) is 10.5 Å². The average Bonchev–Trinajstić information content (AvgIpc) is 2.48. The highest BCUT2D eigenvalue weighted by Crippen LogP contribution is 2.22. The van der Waals surface area contributed by atoms with Crippen molar-refractivity contribution in [3.05, 3.63) is 35.4 Å². The molecule has 0 saturated carbocycles. The lowest BCUT2D eigenvalue weighted by Gasteiger charge is -2.34. The third-order valence-electron chi connectivity index (χ3n) is 3.41. The predicted octanol–water partition coefficient (Wildman–Crippen LogP) is 2.58. The maximum absolute atomic E-state index is 12.6. The summed E-state index contributed by atoms with van der Waals surface area (Å²) in [4.78, 5) is 25.2. The molecule has 1 N–H and O–H groups in total. The molecule has 0 aromatic heterocycles. The van der Waals surface area contributed by atoms with Crippen LogP contribution in [0.2, 0.25) is 0 Å². The van der Waals surface area contributed by atoms with Gasteiger partial charge in [0.1, 0.15) is 0 Å². The molecule has 1 unspecified atom stereocenters. The first-order valence-corrected chi connectivity index (χ1v) is 9.35. The average molecular weight is 325 g/mol. The maximum atomic E-state index is 12.6. The van der Waals surface area contributed by atoms with E-state index in [0.717, 1.165) is 11.5 Å². The molecule has 1 atom stereocenters. The number of thioether (sulfide) groups is 2. The summed E-state index contributed by atoms with van der Waals surface area (Å²) >= 11 is 3.45. The lowest BCUT2D eigenvalue weighted by atomic mass is 10.1. The largest absolute Gasteiger partial charge is 0.481 e. The molecule has 1 aliphatic rings. The van der Waals surface area contributed by atoms with Gasteiger partial charge in [-0.2, -0.15) is 23.5 Å². The first-order valence-electron chi connectivity index (χ1n) is 6.80. The second kappa shape index (κ2) is 7.75. The van der Waals surface area contributed by atoms with Crippen LogP contribution in [0.5, 0.6) is 0 Å². The fourth-order valence-corrected chi connectivity index (χ4v) is 3.96. The van der Waals surface area contributed by atoms with Crippen molar-refractivity contribution in [1.82, 2.24) is 4.90 Å². The Balaban J connectivity index is 2.10. The zero-order valence-corrected chi connectivity index (χ0v) is 13.6. The number of hydrogen-bond donors (Lipinski definition) is 1. The molecule has 4 nitrogen and oxygen atoms in total. The maximum Gasteiger partial charge on any atom is 0.305 e. The minimum atomic E-state index is -0.851. The second-order valence-corrected chi connectivity index (χ2v) is 6.97. The van der Waals surface area contributed by atoms with Gasteiger partial charge in [0.25, 0.3) is 5.91 Å². The number of carbonyl (C=O) groups is 2. The fraction of sp³-hybridized carbons (Fsp3) is 0.467. The molecular weight excluding hydrogens is 306 g/mol. The van der Waals surface area contributed by atoms with Crippen molar-refractivity contribution in [3.8, 4) is 0 Å². The van der Waals surface area contributed by atoms with Crippen LogP contribution in [0, 0.1) is 0 Å². The smallest absolute Gasteiger partial charge is 0.305 e. The van der Waals surface area contributed by atoms with Crippen molar-refractivity contribution >= 4 is 35.4 Å². The standard InChI is InChI=1S/C15H19NO3S2/c1-20-9-11-2-4-12(5-3-11)15(19)16-6-7-21-10-13(16)8-14(17)18/h2-5,13H,6-10H2,1H3,(H,17,18). The molecule has 0 spiro atoms. The monoisotopic (exact) mass is 325 g/mol. The van der Waals surface area contributed by atoms with Gasteiger partial charge >= 0.3 is 5.97 Å². The number of amides is 1. The SMILES string of the molecule is CSCc1ccc(C(=O)N2CCSCC2CC(=O)O)cc1. The lowest BCUT2D eigenvalue weighted by Crippen LogP contribution is -2.47. The number of carbonyl (C=O) groups excluding carboxylic acids is 1. The van der Waals surface area contributed by atoms with Gasteiger partial charge in [-0.3, -0.25) is 9.59 Å². The zero-order chi connectivity index (χ0) is 15.2. The van der Waals surface area contributed by atoms with Crippen LogP contribution in [0.3, 0.4) is 0 Å². The number of carboxylic acids is 1. The summed E-state index contributed by atoms with van der Waals surface area (Å²) in [5, 5.41) is 8.98. The van der Waals surface area contributed by atoms with Crippen molar-refractivity contribution < 1.29 is 14.7 Å². The van der Waals surface area contributed by atoms with E-state index in [2.05, 4.69) is 0 Å². The summed E-state index contributed by atoms with van der Waals surface area (Å²) in [6.07, 6.45) is 2.06. The van der Waals surface area contributed by atoms with Gasteiger partial charge in [-0.25, -0.2) is 0 Å². The van der Waals surface area contributed by atoms with Gasteiger partial charge in [0.15, 0.2) is 0 Å². The summed E-state index contributed by atoms with van der Waals surface area (Å²) in [5.41, 5.74) is 1.83. The number of rotatable bonds is 5. The van der Waals surface area contributed by atoms with Crippen molar-refractivity contribution in [2.45, 2.75) is 18.2 Å². The highest BCUT2D eigenvalue weighted by Gasteiger charge is 2.29. The Morgan fingerprint density at radius 3 is 2.71 bits per heavy atom. The molecule has 0 aliphatic carbocycles. The lowest BCUT2D eigenvalue weighted by molar-refractivity contribution is -0.138. The van der Waals surface area contributed by atoms with Crippen molar-refractivity contribution in [2.24, 2.45) is 0 Å². The first kappa shape index (κ1) is 16.2. The Labute approximate surface area is 133 Å². The Hall–Kier alpha value is -1.14. The van der Waals surface area contributed by atoms with E-state index in [1.807, 2.05) is 30.5 Å². The Kier molecular flexibility index (Phi) is 5.99. The molecule has 0 radical (unpaired) electrons. The number of hydrogen-bond acceptors (Lipinski definition) is 4. The third kappa shape index (κ3) is 4.41. The van der Waals surface area contributed by atoms with Crippen LogP contribution < -0.4 is 0 Å². The molecule has 1 aliphatic heterocycles. The van der Waals surface area contributed by atoms with E-state index in [4.69, 9.17) is 5.11 Å². The van der Waals surface area contributed by atoms with Gasteiger partial charge in [-0.1, -0.05) is 12.1 Å². The highest BCUT2D eigenvalue weighted by atomic mass is 32.2. The van der Waals surface area contributed by atoms with Gasteiger partial charge in [0.05, 0.1) is 12.5 Å². The number of benzene rings is 1. The molecule has 0 bridgehead atoms. The van der Waals surface area contributed by atoms with Gasteiger partial charge in [-0.15, -0.1) is 0 Å². The van der Waals surface area contributed by atoms with E-state index in [-0.39, 0.29) is 18.4 Å². The topological polar surface area (TPSA) is 57.6 Å². The number of aliphatic carboxylic acids is 1. The van der Waals surface area contributed by atoms with Crippen molar-refractivity contribution in [1.29, 1.82) is 0 Å². The van der Waals surface area contributed by atoms with Crippen LogP contribution >= 0.6 is 23.5 Å². The predicted molar refractivity (Wildman–Crippen MR) is 88.1 cm³/mol. The molecule has 21 heavy (non-hydrogen) atoms. The minimum absolute atomic E-state index is 0.0172. The van der Waals surface area contributed by atoms with Crippen LogP contribution in [0.1, 0.15) is 22.3 Å². The summed E-state index contributed by atoms with van der Waals surface area (Å²) in [6.45, 7) is 0.619. The normalized spacial score (nSPS) is 18.5. The third-order valence-corrected chi connectivity index (χ3v) is 5.12. The molecule has 2 rings (SSSR count). The summed E-state index contributed by atoms with van der Waals surface area (Å²) in [5.74, 6) is 1.58. The first-order chi connectivity index (χ1) is 10.1. The zero-order valence-electron chi connectivity index (χ0n) is 11.9. The molecule has 1 aromatic carbocycles. The highest BCUT2D eigenvalue weighted by molar-refractivity contribution is 7.99. The number of nitrogens with zero attached hydrogens (tertiary/aromatic N) is 1. The second-order valence-electron chi connectivity index (χ2n) is 4.96. The van der Waals surface area contributed by atoms with E-state index in [1.165, 1.54) is 5.56 Å². The van der Waals surface area contributed by atoms with Crippen molar-refractivity contribution in [3.63, 3.8) is 0 Å². The van der Waals surface area contributed by atoms with E-state index >= 15 is 0 Å². The molecule has 1 aromatic rings. The molecule has 1 fully saturated rings.